The van der Waals surface area contributed by atoms with E-state index < -0.39 is 6.09 Å². The molecule has 1 amide bonds. The SMILES string of the molecule is CC(COCCOC(=O)NC(C)(C)C)OCc1ccccc1. The Morgan fingerprint density at radius 1 is 1.18 bits per heavy atom. The summed E-state index contributed by atoms with van der Waals surface area (Å²) in [6.07, 6.45) is -0.437. The van der Waals surface area contributed by atoms with Gasteiger partial charge in [0, 0.05) is 5.54 Å². The van der Waals surface area contributed by atoms with Crippen LogP contribution in [0.3, 0.4) is 0 Å². The molecule has 1 unspecified atom stereocenters. The van der Waals surface area contributed by atoms with E-state index in [4.69, 9.17) is 14.2 Å². The molecule has 1 atom stereocenters. The molecule has 1 rings (SSSR count). The fourth-order valence-electron chi connectivity index (χ4n) is 1.65. The van der Waals surface area contributed by atoms with E-state index in [9.17, 15) is 4.79 Å². The second-order valence-corrected chi connectivity index (χ2v) is 6.19. The normalized spacial score (nSPS) is 12.7. The predicted octanol–water partition coefficient (Wildman–Crippen LogP) is 3.13. The van der Waals surface area contributed by atoms with Crippen molar-refractivity contribution in [3.8, 4) is 0 Å². The number of rotatable bonds is 8. The van der Waals surface area contributed by atoms with Gasteiger partial charge in [0.15, 0.2) is 0 Å². The number of ether oxygens (including phenoxy) is 3. The van der Waals surface area contributed by atoms with Crippen molar-refractivity contribution < 1.29 is 19.0 Å². The van der Waals surface area contributed by atoms with Crippen molar-refractivity contribution >= 4 is 6.09 Å². The average molecular weight is 309 g/mol. The maximum Gasteiger partial charge on any atom is 0.407 e. The largest absolute Gasteiger partial charge is 0.447 e. The summed E-state index contributed by atoms with van der Waals surface area (Å²) in [6.45, 7) is 9.27. The first-order chi connectivity index (χ1) is 10.4. The Bertz CT molecular complexity index is 428. The number of amides is 1. The Balaban J connectivity index is 2.03. The number of hydrogen-bond donors (Lipinski definition) is 1. The standard InChI is InChI=1S/C17H27NO4/c1-14(22-13-15-8-6-5-7-9-15)12-20-10-11-21-16(19)18-17(2,3)4/h5-9,14H,10-13H2,1-4H3,(H,18,19). The fraction of sp³-hybridized carbons (Fsp3) is 0.588. The van der Waals surface area contributed by atoms with Gasteiger partial charge in [0.1, 0.15) is 6.61 Å². The first-order valence-corrected chi connectivity index (χ1v) is 7.55. The lowest BCUT2D eigenvalue weighted by Crippen LogP contribution is -2.41. The van der Waals surface area contributed by atoms with Crippen LogP contribution in [0.25, 0.3) is 0 Å². The molecule has 1 aromatic carbocycles. The highest BCUT2D eigenvalue weighted by molar-refractivity contribution is 5.67. The van der Waals surface area contributed by atoms with Crippen LogP contribution in [-0.4, -0.2) is 37.6 Å². The number of benzene rings is 1. The van der Waals surface area contributed by atoms with Gasteiger partial charge in [-0.1, -0.05) is 30.3 Å². The third kappa shape index (κ3) is 9.37. The summed E-state index contributed by atoms with van der Waals surface area (Å²) in [7, 11) is 0. The van der Waals surface area contributed by atoms with Crippen molar-refractivity contribution in [3.63, 3.8) is 0 Å². The zero-order valence-electron chi connectivity index (χ0n) is 13.9. The van der Waals surface area contributed by atoms with Crippen molar-refractivity contribution in [2.75, 3.05) is 19.8 Å². The van der Waals surface area contributed by atoms with E-state index in [-0.39, 0.29) is 18.2 Å². The van der Waals surface area contributed by atoms with Crippen LogP contribution < -0.4 is 5.32 Å². The van der Waals surface area contributed by atoms with Crippen LogP contribution >= 0.6 is 0 Å². The molecule has 0 bridgehead atoms. The summed E-state index contributed by atoms with van der Waals surface area (Å²) in [5.74, 6) is 0. The minimum absolute atomic E-state index is 0.0105. The summed E-state index contributed by atoms with van der Waals surface area (Å²) >= 11 is 0. The van der Waals surface area contributed by atoms with Crippen molar-refractivity contribution in [1.82, 2.24) is 5.32 Å². The molecule has 124 valence electrons. The lowest BCUT2D eigenvalue weighted by atomic mass is 10.1. The van der Waals surface area contributed by atoms with E-state index in [1.807, 2.05) is 58.0 Å². The van der Waals surface area contributed by atoms with Crippen LogP contribution in [0.15, 0.2) is 30.3 Å². The third-order valence-electron chi connectivity index (χ3n) is 2.67. The van der Waals surface area contributed by atoms with E-state index >= 15 is 0 Å². The monoisotopic (exact) mass is 309 g/mol. The first kappa shape index (κ1) is 18.5. The van der Waals surface area contributed by atoms with E-state index in [1.165, 1.54) is 0 Å². The highest BCUT2D eigenvalue weighted by Crippen LogP contribution is 2.03. The third-order valence-corrected chi connectivity index (χ3v) is 2.67. The Morgan fingerprint density at radius 2 is 1.86 bits per heavy atom. The molecule has 0 aliphatic heterocycles. The second-order valence-electron chi connectivity index (χ2n) is 6.19. The molecule has 5 nitrogen and oxygen atoms in total. The van der Waals surface area contributed by atoms with Gasteiger partial charge in [-0.25, -0.2) is 4.79 Å². The van der Waals surface area contributed by atoms with Crippen molar-refractivity contribution in [3.05, 3.63) is 35.9 Å². The number of carbonyl (C=O) groups excluding carboxylic acids is 1. The second kappa shape index (κ2) is 9.43. The molecule has 5 heteroatoms. The Morgan fingerprint density at radius 3 is 2.50 bits per heavy atom. The highest BCUT2D eigenvalue weighted by atomic mass is 16.6. The van der Waals surface area contributed by atoms with Crippen LogP contribution in [0.5, 0.6) is 0 Å². The molecule has 22 heavy (non-hydrogen) atoms. The Labute approximate surface area is 132 Å². The number of carbonyl (C=O) groups is 1. The summed E-state index contributed by atoms with van der Waals surface area (Å²) in [6, 6.07) is 10.00. The van der Waals surface area contributed by atoms with E-state index in [1.54, 1.807) is 0 Å². The maximum atomic E-state index is 11.4. The molecule has 0 fully saturated rings. The molecule has 1 aromatic rings. The van der Waals surface area contributed by atoms with Crippen LogP contribution in [0, 0.1) is 0 Å². The Hall–Kier alpha value is -1.59. The molecule has 0 heterocycles. The molecule has 0 saturated carbocycles. The first-order valence-electron chi connectivity index (χ1n) is 7.55. The summed E-state index contributed by atoms with van der Waals surface area (Å²) < 4.78 is 16.1. The van der Waals surface area contributed by atoms with Crippen LogP contribution in [0.1, 0.15) is 33.3 Å². The van der Waals surface area contributed by atoms with Crippen LogP contribution in [0.2, 0.25) is 0 Å². The molecule has 0 aliphatic carbocycles. The summed E-state index contributed by atoms with van der Waals surface area (Å²) in [5, 5.41) is 2.72. The van der Waals surface area contributed by atoms with Gasteiger partial charge < -0.3 is 19.5 Å². The molecule has 1 N–H and O–H groups in total. The van der Waals surface area contributed by atoms with Gasteiger partial charge in [0.25, 0.3) is 0 Å². The quantitative estimate of drug-likeness (QED) is 0.750. The minimum atomic E-state index is -0.426. The van der Waals surface area contributed by atoms with Gasteiger partial charge >= 0.3 is 6.09 Å². The lowest BCUT2D eigenvalue weighted by molar-refractivity contribution is -0.0234. The highest BCUT2D eigenvalue weighted by Gasteiger charge is 2.14. The van der Waals surface area contributed by atoms with Crippen molar-refractivity contribution in [1.29, 1.82) is 0 Å². The lowest BCUT2D eigenvalue weighted by Gasteiger charge is -2.20. The molecule has 0 saturated heterocycles. The van der Waals surface area contributed by atoms with Gasteiger partial charge in [-0.2, -0.15) is 0 Å². The van der Waals surface area contributed by atoms with Gasteiger partial charge in [0.05, 0.1) is 25.9 Å². The zero-order valence-corrected chi connectivity index (χ0v) is 13.9. The predicted molar refractivity (Wildman–Crippen MR) is 85.7 cm³/mol. The van der Waals surface area contributed by atoms with Crippen LogP contribution in [-0.2, 0) is 20.8 Å². The van der Waals surface area contributed by atoms with Crippen LogP contribution in [0.4, 0.5) is 4.79 Å². The molecule has 0 aliphatic rings. The summed E-state index contributed by atoms with van der Waals surface area (Å²) in [5.41, 5.74) is 0.842. The smallest absolute Gasteiger partial charge is 0.407 e. The summed E-state index contributed by atoms with van der Waals surface area (Å²) in [4.78, 5) is 11.4. The van der Waals surface area contributed by atoms with Crippen molar-refractivity contribution in [2.45, 2.75) is 45.9 Å². The number of nitrogens with one attached hydrogen (secondary N) is 1. The molecular formula is C17H27NO4. The zero-order chi connectivity index (χ0) is 16.4. The van der Waals surface area contributed by atoms with Gasteiger partial charge in [-0.05, 0) is 33.3 Å². The molecular weight excluding hydrogens is 282 g/mol. The molecule has 0 aromatic heterocycles. The molecule has 0 spiro atoms. The minimum Gasteiger partial charge on any atom is -0.447 e. The van der Waals surface area contributed by atoms with Gasteiger partial charge in [-0.15, -0.1) is 0 Å². The Kier molecular flexibility index (Phi) is 7.91. The van der Waals surface area contributed by atoms with E-state index in [0.29, 0.717) is 19.8 Å². The van der Waals surface area contributed by atoms with E-state index in [2.05, 4.69) is 5.32 Å². The van der Waals surface area contributed by atoms with Gasteiger partial charge in [0.2, 0.25) is 0 Å². The number of alkyl carbamates (subject to hydrolysis) is 1. The average Bonchev–Trinajstić information content (AvgIpc) is 2.44. The van der Waals surface area contributed by atoms with E-state index in [0.717, 1.165) is 5.56 Å². The molecule has 0 radical (unpaired) electrons. The topological polar surface area (TPSA) is 56.8 Å². The van der Waals surface area contributed by atoms with Gasteiger partial charge in [-0.3, -0.25) is 0 Å². The maximum absolute atomic E-state index is 11.4. The van der Waals surface area contributed by atoms with Crippen molar-refractivity contribution in [2.24, 2.45) is 0 Å². The fourth-order valence-corrected chi connectivity index (χ4v) is 1.65. The number of hydrogen-bond acceptors (Lipinski definition) is 4.